The predicted octanol–water partition coefficient (Wildman–Crippen LogP) is 3.98. The van der Waals surface area contributed by atoms with Crippen molar-refractivity contribution < 1.29 is 18.3 Å². The van der Waals surface area contributed by atoms with Crippen molar-refractivity contribution in [3.63, 3.8) is 0 Å². The Balaban J connectivity index is 0.00000132. The first kappa shape index (κ1) is 22.3. The second-order valence-corrected chi connectivity index (χ2v) is 6.20. The average molecular weight is 430 g/mol. The van der Waals surface area contributed by atoms with Gasteiger partial charge in [0.05, 0.1) is 25.6 Å². The van der Waals surface area contributed by atoms with Crippen LogP contribution in [0.1, 0.15) is 13.8 Å². The number of halogens is 2. The standard InChI is InChI=1S/C19H18F2N6O2.C2H6/c20-12-29-15-3-1-13(2-4-15)14-9-17(26-23-10-14)24-18-16(21)11-22-19(25-18)27-5-7-28-8-6-27;1-2/h1-4,9-11H,5-8,12H2,(H,22,24,25,26);1-2H3. The van der Waals surface area contributed by atoms with Crippen LogP contribution >= 0.6 is 0 Å². The summed E-state index contributed by atoms with van der Waals surface area (Å²) in [5.41, 5.74) is 1.57. The number of hydrogen-bond acceptors (Lipinski definition) is 8. The van der Waals surface area contributed by atoms with Gasteiger partial charge >= 0.3 is 0 Å². The lowest BCUT2D eigenvalue weighted by Gasteiger charge is -2.26. The van der Waals surface area contributed by atoms with E-state index in [0.717, 1.165) is 17.3 Å². The molecule has 1 N–H and O–H groups in total. The molecule has 0 bridgehead atoms. The van der Waals surface area contributed by atoms with Crippen molar-refractivity contribution in [3.8, 4) is 16.9 Å². The molecule has 8 nitrogen and oxygen atoms in total. The molecule has 3 heterocycles. The number of anilines is 3. The second-order valence-electron chi connectivity index (χ2n) is 6.20. The van der Waals surface area contributed by atoms with Gasteiger partial charge in [-0.2, -0.15) is 10.1 Å². The number of hydrogen-bond donors (Lipinski definition) is 1. The summed E-state index contributed by atoms with van der Waals surface area (Å²) in [6.07, 6.45) is 2.70. The van der Waals surface area contributed by atoms with E-state index in [1.807, 2.05) is 18.7 Å². The van der Waals surface area contributed by atoms with Crippen molar-refractivity contribution >= 4 is 17.6 Å². The summed E-state index contributed by atoms with van der Waals surface area (Å²) in [6, 6.07) is 8.57. The molecule has 1 fully saturated rings. The van der Waals surface area contributed by atoms with Gasteiger partial charge in [-0.15, -0.1) is 5.10 Å². The molecule has 0 saturated carbocycles. The molecule has 1 aliphatic heterocycles. The van der Waals surface area contributed by atoms with Crippen molar-refractivity contribution in [1.82, 2.24) is 20.2 Å². The monoisotopic (exact) mass is 430 g/mol. The van der Waals surface area contributed by atoms with Crippen LogP contribution in [0.25, 0.3) is 11.1 Å². The van der Waals surface area contributed by atoms with Crippen LogP contribution in [0.5, 0.6) is 5.75 Å². The number of alkyl halides is 1. The van der Waals surface area contributed by atoms with Gasteiger partial charge in [-0.1, -0.05) is 26.0 Å². The van der Waals surface area contributed by atoms with E-state index >= 15 is 0 Å². The van der Waals surface area contributed by atoms with Crippen molar-refractivity contribution in [3.05, 3.63) is 48.5 Å². The number of nitrogens with one attached hydrogen (secondary N) is 1. The van der Waals surface area contributed by atoms with E-state index in [2.05, 4.69) is 25.5 Å². The van der Waals surface area contributed by atoms with Gasteiger partial charge in [0.2, 0.25) is 12.8 Å². The fourth-order valence-electron chi connectivity index (χ4n) is 2.87. The van der Waals surface area contributed by atoms with Crippen LogP contribution in [0.2, 0.25) is 0 Å². The Kier molecular flexibility index (Phi) is 7.99. The Morgan fingerprint density at radius 1 is 1.10 bits per heavy atom. The van der Waals surface area contributed by atoms with E-state index in [9.17, 15) is 8.78 Å². The molecule has 0 spiro atoms. The molecule has 1 saturated heterocycles. The third kappa shape index (κ3) is 5.82. The highest BCUT2D eigenvalue weighted by Crippen LogP contribution is 2.25. The lowest BCUT2D eigenvalue weighted by molar-refractivity contribution is 0.122. The maximum Gasteiger partial charge on any atom is 0.228 e. The Labute approximate surface area is 179 Å². The van der Waals surface area contributed by atoms with Crippen LogP contribution in [0.3, 0.4) is 0 Å². The van der Waals surface area contributed by atoms with Gasteiger partial charge in [-0.3, -0.25) is 0 Å². The summed E-state index contributed by atoms with van der Waals surface area (Å²) in [7, 11) is 0. The molecular formula is C21H24F2N6O2. The fraction of sp³-hybridized carbons (Fsp3) is 0.333. The molecule has 4 rings (SSSR count). The Bertz CT molecular complexity index is 968. The Hall–Kier alpha value is -3.40. The van der Waals surface area contributed by atoms with E-state index in [1.165, 1.54) is 0 Å². The van der Waals surface area contributed by atoms with Crippen LogP contribution in [0.15, 0.2) is 42.7 Å². The topological polar surface area (TPSA) is 85.3 Å². The van der Waals surface area contributed by atoms with E-state index in [1.54, 1.807) is 36.5 Å². The zero-order chi connectivity index (χ0) is 22.1. The smallest absolute Gasteiger partial charge is 0.228 e. The molecule has 2 aromatic heterocycles. The Morgan fingerprint density at radius 2 is 1.84 bits per heavy atom. The molecule has 10 heteroatoms. The number of rotatable bonds is 6. The van der Waals surface area contributed by atoms with Crippen LogP contribution < -0.4 is 15.0 Å². The molecule has 0 amide bonds. The second kappa shape index (κ2) is 11.1. The summed E-state index contributed by atoms with van der Waals surface area (Å²) in [5.74, 6) is 0.596. The molecule has 1 aliphatic rings. The molecule has 31 heavy (non-hydrogen) atoms. The summed E-state index contributed by atoms with van der Waals surface area (Å²) < 4.78 is 36.6. The average Bonchev–Trinajstić information content (AvgIpc) is 2.83. The maximum atomic E-state index is 14.2. The fourth-order valence-corrected chi connectivity index (χ4v) is 2.87. The molecular weight excluding hydrogens is 406 g/mol. The van der Waals surface area contributed by atoms with Crippen molar-refractivity contribution in [2.75, 3.05) is 43.4 Å². The predicted molar refractivity (Wildman–Crippen MR) is 114 cm³/mol. The molecule has 0 atom stereocenters. The van der Waals surface area contributed by atoms with Crippen molar-refractivity contribution in [2.24, 2.45) is 0 Å². The number of aromatic nitrogens is 4. The first-order valence-electron chi connectivity index (χ1n) is 9.97. The highest BCUT2D eigenvalue weighted by Gasteiger charge is 2.16. The maximum absolute atomic E-state index is 14.2. The third-order valence-electron chi connectivity index (χ3n) is 4.34. The quantitative estimate of drug-likeness (QED) is 0.629. The van der Waals surface area contributed by atoms with Gasteiger partial charge in [-0.05, 0) is 23.8 Å². The van der Waals surface area contributed by atoms with E-state index in [0.29, 0.717) is 43.8 Å². The summed E-state index contributed by atoms with van der Waals surface area (Å²) in [4.78, 5) is 10.3. The minimum atomic E-state index is -0.888. The molecule has 0 aliphatic carbocycles. The molecule has 1 aromatic carbocycles. The number of morpholine rings is 1. The van der Waals surface area contributed by atoms with Gasteiger partial charge in [0, 0.05) is 18.7 Å². The van der Waals surface area contributed by atoms with Crippen molar-refractivity contribution in [1.29, 1.82) is 0 Å². The van der Waals surface area contributed by atoms with E-state index < -0.39 is 12.7 Å². The minimum absolute atomic E-state index is 0.0136. The van der Waals surface area contributed by atoms with Crippen LogP contribution in [0.4, 0.5) is 26.4 Å². The number of benzene rings is 1. The number of ether oxygens (including phenoxy) is 2. The van der Waals surface area contributed by atoms with Gasteiger partial charge in [0.1, 0.15) is 5.75 Å². The largest absolute Gasteiger partial charge is 0.463 e. The molecule has 0 unspecified atom stereocenters. The van der Waals surface area contributed by atoms with Crippen LogP contribution in [0, 0.1) is 5.82 Å². The van der Waals surface area contributed by atoms with Gasteiger partial charge in [-0.25, -0.2) is 13.8 Å². The number of nitrogens with zero attached hydrogens (tertiary/aromatic N) is 5. The first-order chi connectivity index (χ1) is 15.2. The zero-order valence-corrected chi connectivity index (χ0v) is 17.4. The minimum Gasteiger partial charge on any atom is -0.463 e. The van der Waals surface area contributed by atoms with Gasteiger partial charge in [0.15, 0.2) is 17.5 Å². The first-order valence-corrected chi connectivity index (χ1v) is 9.97. The SMILES string of the molecule is CC.FCOc1ccc(-c2cnnc(Nc3nc(N4CCOCC4)ncc3F)c2)cc1. The van der Waals surface area contributed by atoms with Crippen LogP contribution in [-0.4, -0.2) is 53.3 Å². The molecule has 3 aromatic rings. The molecule has 164 valence electrons. The summed E-state index contributed by atoms with van der Waals surface area (Å²) >= 11 is 0. The highest BCUT2D eigenvalue weighted by atomic mass is 19.1. The lowest BCUT2D eigenvalue weighted by atomic mass is 10.1. The molecule has 0 radical (unpaired) electrons. The van der Waals surface area contributed by atoms with Gasteiger partial charge in [0.25, 0.3) is 0 Å². The van der Waals surface area contributed by atoms with Crippen molar-refractivity contribution in [2.45, 2.75) is 13.8 Å². The zero-order valence-electron chi connectivity index (χ0n) is 17.4. The van der Waals surface area contributed by atoms with E-state index in [4.69, 9.17) is 9.47 Å². The summed E-state index contributed by atoms with van der Waals surface area (Å²) in [6.45, 7) is 5.55. The normalized spacial score (nSPS) is 13.2. The third-order valence-corrected chi connectivity index (χ3v) is 4.34. The van der Waals surface area contributed by atoms with Gasteiger partial charge < -0.3 is 19.7 Å². The Morgan fingerprint density at radius 3 is 2.55 bits per heavy atom. The highest BCUT2D eigenvalue weighted by molar-refractivity contribution is 5.67. The van der Waals surface area contributed by atoms with E-state index in [-0.39, 0.29) is 5.82 Å². The lowest BCUT2D eigenvalue weighted by Crippen LogP contribution is -2.37. The van der Waals surface area contributed by atoms with Crippen LogP contribution in [-0.2, 0) is 4.74 Å². The summed E-state index contributed by atoms with van der Waals surface area (Å²) in [5, 5.41) is 10.8.